The van der Waals surface area contributed by atoms with E-state index in [1.54, 1.807) is 7.11 Å². The van der Waals surface area contributed by atoms with Crippen LogP contribution in [0.2, 0.25) is 0 Å². The molecule has 0 radical (unpaired) electrons. The van der Waals surface area contributed by atoms with Crippen molar-refractivity contribution < 1.29 is 23.5 Å². The molecule has 3 aromatic rings. The Morgan fingerprint density at radius 1 is 1.12 bits per heavy atom. The van der Waals surface area contributed by atoms with E-state index >= 15 is 0 Å². The Kier molecular flexibility index (Phi) is 6.89. The van der Waals surface area contributed by atoms with Crippen LogP contribution in [0.1, 0.15) is 31.2 Å². The minimum Gasteiger partial charge on any atom is -0.497 e. The molecule has 1 aromatic heterocycles. The molecular formula is C24H27N3O5. The maximum atomic E-state index is 12.8. The number of carbonyl (C=O) groups excluding carboxylic acids is 1. The standard InChI is InChI=1S/C24H27N3O5/c1-3-27(16-18-6-4-7-20-23(18)31-15-14-30-20)22(28)9-5-8-21-25-24(26-32-21)17-10-12-19(29-2)13-11-17/h4,6-7,10-13H,3,5,8-9,14-16H2,1-2H3. The fourth-order valence-electron chi connectivity index (χ4n) is 3.60. The molecule has 0 atom stereocenters. The van der Waals surface area contributed by atoms with Crippen molar-refractivity contribution in [1.29, 1.82) is 0 Å². The topological polar surface area (TPSA) is 86.9 Å². The monoisotopic (exact) mass is 437 g/mol. The van der Waals surface area contributed by atoms with Crippen LogP contribution in [0.4, 0.5) is 0 Å². The molecule has 168 valence electrons. The van der Waals surface area contributed by atoms with Crippen molar-refractivity contribution in [3.05, 3.63) is 53.9 Å². The number of aromatic nitrogens is 2. The van der Waals surface area contributed by atoms with Gasteiger partial charge >= 0.3 is 0 Å². The van der Waals surface area contributed by atoms with Gasteiger partial charge in [0.25, 0.3) is 0 Å². The van der Waals surface area contributed by atoms with E-state index < -0.39 is 0 Å². The van der Waals surface area contributed by atoms with Crippen LogP contribution in [-0.2, 0) is 17.8 Å². The first-order chi connectivity index (χ1) is 15.7. The van der Waals surface area contributed by atoms with Crippen LogP contribution < -0.4 is 14.2 Å². The Labute approximate surface area is 187 Å². The predicted octanol–water partition coefficient (Wildman–Crippen LogP) is 3.89. The molecule has 0 unspecified atom stereocenters. The molecule has 0 N–H and O–H groups in total. The summed E-state index contributed by atoms with van der Waals surface area (Å²) in [5, 5.41) is 4.04. The number of carbonyl (C=O) groups is 1. The van der Waals surface area contributed by atoms with Crippen LogP contribution in [-0.4, -0.2) is 47.8 Å². The molecule has 1 aliphatic heterocycles. The predicted molar refractivity (Wildman–Crippen MR) is 118 cm³/mol. The van der Waals surface area contributed by atoms with Gasteiger partial charge in [-0.3, -0.25) is 4.79 Å². The number of benzene rings is 2. The van der Waals surface area contributed by atoms with Crippen LogP contribution in [0.3, 0.4) is 0 Å². The fraction of sp³-hybridized carbons (Fsp3) is 0.375. The number of aryl methyl sites for hydroxylation is 1. The Hall–Kier alpha value is -3.55. The van der Waals surface area contributed by atoms with Crippen molar-refractivity contribution in [1.82, 2.24) is 15.0 Å². The minimum absolute atomic E-state index is 0.0803. The molecule has 2 heterocycles. The van der Waals surface area contributed by atoms with Gasteiger partial charge in [-0.25, -0.2) is 0 Å². The van der Waals surface area contributed by atoms with Crippen molar-refractivity contribution in [2.75, 3.05) is 26.9 Å². The fourth-order valence-corrected chi connectivity index (χ4v) is 3.60. The highest BCUT2D eigenvalue weighted by Crippen LogP contribution is 2.34. The SMILES string of the molecule is CCN(Cc1cccc2c1OCCO2)C(=O)CCCc1nc(-c2ccc(OC)cc2)no1. The molecule has 0 aliphatic carbocycles. The molecule has 0 fully saturated rings. The van der Waals surface area contributed by atoms with Crippen LogP contribution in [0, 0.1) is 0 Å². The van der Waals surface area contributed by atoms with E-state index in [1.807, 2.05) is 54.3 Å². The number of hydrogen-bond acceptors (Lipinski definition) is 7. The third-order valence-electron chi connectivity index (χ3n) is 5.34. The highest BCUT2D eigenvalue weighted by atomic mass is 16.6. The van der Waals surface area contributed by atoms with E-state index in [2.05, 4.69) is 10.1 Å². The van der Waals surface area contributed by atoms with Gasteiger partial charge in [0.1, 0.15) is 19.0 Å². The van der Waals surface area contributed by atoms with Crippen molar-refractivity contribution in [3.8, 4) is 28.6 Å². The summed E-state index contributed by atoms with van der Waals surface area (Å²) in [6.45, 7) is 4.15. The second-order valence-electron chi connectivity index (χ2n) is 7.44. The number of para-hydroxylation sites is 1. The maximum absolute atomic E-state index is 12.8. The zero-order valence-electron chi connectivity index (χ0n) is 18.4. The first-order valence-corrected chi connectivity index (χ1v) is 10.8. The number of fused-ring (bicyclic) bond motifs is 1. The number of hydrogen-bond donors (Lipinski definition) is 0. The third kappa shape index (κ3) is 5.01. The Morgan fingerprint density at radius 3 is 2.72 bits per heavy atom. The molecule has 1 aliphatic rings. The second-order valence-corrected chi connectivity index (χ2v) is 7.44. The Morgan fingerprint density at radius 2 is 1.94 bits per heavy atom. The van der Waals surface area contributed by atoms with E-state index in [1.165, 1.54) is 0 Å². The van der Waals surface area contributed by atoms with Gasteiger partial charge in [0.05, 0.1) is 7.11 Å². The lowest BCUT2D eigenvalue weighted by molar-refractivity contribution is -0.131. The Balaban J connectivity index is 1.31. The zero-order valence-corrected chi connectivity index (χ0v) is 18.4. The minimum atomic E-state index is 0.0803. The third-order valence-corrected chi connectivity index (χ3v) is 5.34. The highest BCUT2D eigenvalue weighted by Gasteiger charge is 2.20. The van der Waals surface area contributed by atoms with E-state index in [0.29, 0.717) is 57.3 Å². The molecule has 0 saturated heterocycles. The summed E-state index contributed by atoms with van der Waals surface area (Å²) in [5.74, 6) is 3.38. The van der Waals surface area contributed by atoms with Gasteiger partial charge in [0, 0.05) is 37.1 Å². The van der Waals surface area contributed by atoms with Crippen LogP contribution in [0.25, 0.3) is 11.4 Å². The van der Waals surface area contributed by atoms with E-state index in [-0.39, 0.29) is 5.91 Å². The number of nitrogens with zero attached hydrogens (tertiary/aromatic N) is 3. The molecule has 8 heteroatoms. The van der Waals surface area contributed by atoms with Crippen molar-refractivity contribution >= 4 is 5.91 Å². The molecule has 0 saturated carbocycles. The van der Waals surface area contributed by atoms with Gasteiger partial charge in [-0.1, -0.05) is 17.3 Å². The molecule has 1 amide bonds. The summed E-state index contributed by atoms with van der Waals surface area (Å²) in [7, 11) is 1.62. The summed E-state index contributed by atoms with van der Waals surface area (Å²) in [4.78, 5) is 19.1. The van der Waals surface area contributed by atoms with Crippen LogP contribution in [0.15, 0.2) is 47.0 Å². The van der Waals surface area contributed by atoms with Crippen LogP contribution >= 0.6 is 0 Å². The lowest BCUT2D eigenvalue weighted by atomic mass is 10.1. The summed E-state index contributed by atoms with van der Waals surface area (Å²) in [6, 6.07) is 13.3. The quantitative estimate of drug-likeness (QED) is 0.502. The zero-order chi connectivity index (χ0) is 22.3. The summed E-state index contributed by atoms with van der Waals surface area (Å²) < 4.78 is 21.9. The number of ether oxygens (including phenoxy) is 3. The molecule has 4 rings (SSSR count). The number of amides is 1. The molecule has 0 spiro atoms. The van der Waals surface area contributed by atoms with E-state index in [9.17, 15) is 4.79 Å². The van der Waals surface area contributed by atoms with Crippen molar-refractivity contribution in [2.45, 2.75) is 32.7 Å². The Bertz CT molecular complexity index is 1050. The molecule has 32 heavy (non-hydrogen) atoms. The van der Waals surface area contributed by atoms with E-state index in [4.69, 9.17) is 18.7 Å². The average molecular weight is 437 g/mol. The van der Waals surface area contributed by atoms with Gasteiger partial charge in [0.2, 0.25) is 17.6 Å². The highest BCUT2D eigenvalue weighted by molar-refractivity contribution is 5.76. The van der Waals surface area contributed by atoms with E-state index in [0.717, 1.165) is 28.4 Å². The van der Waals surface area contributed by atoms with Crippen molar-refractivity contribution in [2.24, 2.45) is 0 Å². The molecule has 0 bridgehead atoms. The van der Waals surface area contributed by atoms with Gasteiger partial charge in [0.15, 0.2) is 11.5 Å². The van der Waals surface area contributed by atoms with Crippen molar-refractivity contribution in [3.63, 3.8) is 0 Å². The summed E-state index contributed by atoms with van der Waals surface area (Å²) in [6.07, 6.45) is 1.58. The molecule has 8 nitrogen and oxygen atoms in total. The smallest absolute Gasteiger partial charge is 0.226 e. The number of rotatable bonds is 9. The van der Waals surface area contributed by atoms with Gasteiger partial charge in [-0.2, -0.15) is 4.98 Å². The first kappa shape index (κ1) is 21.7. The lowest BCUT2D eigenvalue weighted by Gasteiger charge is -2.25. The first-order valence-electron chi connectivity index (χ1n) is 10.8. The summed E-state index contributed by atoms with van der Waals surface area (Å²) in [5.41, 5.74) is 1.81. The lowest BCUT2D eigenvalue weighted by Crippen LogP contribution is -2.30. The van der Waals surface area contributed by atoms with Gasteiger partial charge < -0.3 is 23.6 Å². The molecule has 2 aromatic carbocycles. The van der Waals surface area contributed by atoms with Gasteiger partial charge in [-0.05, 0) is 43.7 Å². The summed E-state index contributed by atoms with van der Waals surface area (Å²) >= 11 is 0. The number of methoxy groups -OCH3 is 1. The molecular weight excluding hydrogens is 410 g/mol. The van der Waals surface area contributed by atoms with Gasteiger partial charge in [-0.15, -0.1) is 0 Å². The second kappa shape index (κ2) is 10.2. The van der Waals surface area contributed by atoms with Crippen LogP contribution in [0.5, 0.6) is 17.2 Å². The maximum Gasteiger partial charge on any atom is 0.226 e. The largest absolute Gasteiger partial charge is 0.497 e. The normalized spacial score (nSPS) is 12.4. The average Bonchev–Trinajstić information content (AvgIpc) is 3.31.